The topological polar surface area (TPSA) is 76.1 Å². The van der Waals surface area contributed by atoms with Gasteiger partial charge in [-0.05, 0) is 24.1 Å². The predicted molar refractivity (Wildman–Crippen MR) is 84.5 cm³/mol. The van der Waals surface area contributed by atoms with Crippen molar-refractivity contribution in [2.45, 2.75) is 32.2 Å². The molecule has 1 N–H and O–H groups in total. The molecule has 1 aliphatic rings. The third-order valence-electron chi connectivity index (χ3n) is 3.68. The van der Waals surface area contributed by atoms with Crippen LogP contribution in [0.2, 0.25) is 0 Å². The maximum absolute atomic E-state index is 12.5. The standard InChI is InChI=1S/C17H23NO5/c1-2-7-23-15-5-3-4-13(9-15)10-16(19)18-6-8-22-12-14(18)11-17(20)21/h3-5,9,14H,2,6-8,10-12H2,1H3,(H,20,21). The van der Waals surface area contributed by atoms with Gasteiger partial charge in [0.2, 0.25) is 5.91 Å². The van der Waals surface area contributed by atoms with E-state index in [1.54, 1.807) is 4.90 Å². The lowest BCUT2D eigenvalue weighted by Gasteiger charge is -2.35. The number of carbonyl (C=O) groups excluding carboxylic acids is 1. The van der Waals surface area contributed by atoms with E-state index in [0.717, 1.165) is 17.7 Å². The number of carbonyl (C=O) groups is 2. The number of ether oxygens (including phenoxy) is 2. The molecule has 1 unspecified atom stereocenters. The van der Waals surface area contributed by atoms with E-state index in [2.05, 4.69) is 0 Å². The lowest BCUT2D eigenvalue weighted by molar-refractivity contribution is -0.145. The molecule has 1 saturated heterocycles. The van der Waals surface area contributed by atoms with E-state index in [9.17, 15) is 9.59 Å². The van der Waals surface area contributed by atoms with Gasteiger partial charge in [0.05, 0.1) is 38.7 Å². The van der Waals surface area contributed by atoms with Crippen LogP contribution in [0.5, 0.6) is 5.75 Å². The molecule has 0 spiro atoms. The van der Waals surface area contributed by atoms with Crippen LogP contribution in [0.15, 0.2) is 24.3 Å². The van der Waals surface area contributed by atoms with E-state index in [1.165, 1.54) is 0 Å². The van der Waals surface area contributed by atoms with Gasteiger partial charge in [-0.3, -0.25) is 9.59 Å². The molecule has 6 heteroatoms. The van der Waals surface area contributed by atoms with Crippen LogP contribution in [-0.4, -0.2) is 54.3 Å². The van der Waals surface area contributed by atoms with Crippen molar-refractivity contribution in [1.29, 1.82) is 0 Å². The van der Waals surface area contributed by atoms with Crippen LogP contribution in [0.4, 0.5) is 0 Å². The molecule has 0 saturated carbocycles. The van der Waals surface area contributed by atoms with Crippen LogP contribution in [-0.2, 0) is 20.7 Å². The second-order valence-corrected chi connectivity index (χ2v) is 5.59. The SMILES string of the molecule is CCCOc1cccc(CC(=O)N2CCOCC2CC(=O)O)c1. The molecule has 1 aliphatic heterocycles. The van der Waals surface area contributed by atoms with Crippen LogP contribution in [0, 0.1) is 0 Å². The van der Waals surface area contributed by atoms with Crippen molar-refractivity contribution < 1.29 is 24.2 Å². The summed E-state index contributed by atoms with van der Waals surface area (Å²) < 4.78 is 10.9. The molecule has 23 heavy (non-hydrogen) atoms. The third kappa shape index (κ3) is 5.25. The molecule has 1 heterocycles. The van der Waals surface area contributed by atoms with Gasteiger partial charge >= 0.3 is 5.97 Å². The van der Waals surface area contributed by atoms with Crippen molar-refractivity contribution in [3.05, 3.63) is 29.8 Å². The Labute approximate surface area is 136 Å². The Balaban J connectivity index is 2.00. The van der Waals surface area contributed by atoms with Crippen molar-refractivity contribution >= 4 is 11.9 Å². The van der Waals surface area contributed by atoms with E-state index in [-0.39, 0.29) is 25.4 Å². The minimum absolute atomic E-state index is 0.0767. The molecular formula is C17H23NO5. The molecule has 1 atom stereocenters. The van der Waals surface area contributed by atoms with Crippen LogP contribution in [0.1, 0.15) is 25.3 Å². The molecule has 2 rings (SSSR count). The number of hydrogen-bond donors (Lipinski definition) is 1. The van der Waals surface area contributed by atoms with Crippen LogP contribution >= 0.6 is 0 Å². The average Bonchev–Trinajstić information content (AvgIpc) is 2.53. The highest BCUT2D eigenvalue weighted by Crippen LogP contribution is 2.17. The van der Waals surface area contributed by atoms with Crippen molar-refractivity contribution in [2.75, 3.05) is 26.4 Å². The zero-order chi connectivity index (χ0) is 16.7. The van der Waals surface area contributed by atoms with Gasteiger partial charge in [-0.25, -0.2) is 0 Å². The van der Waals surface area contributed by atoms with Crippen LogP contribution < -0.4 is 4.74 Å². The summed E-state index contributed by atoms with van der Waals surface area (Å²) in [6.45, 7) is 3.83. The Bertz CT molecular complexity index is 546. The first-order valence-electron chi connectivity index (χ1n) is 7.91. The highest BCUT2D eigenvalue weighted by atomic mass is 16.5. The number of morpholine rings is 1. The smallest absolute Gasteiger partial charge is 0.305 e. The summed E-state index contributed by atoms with van der Waals surface area (Å²) in [6.07, 6.45) is 1.07. The summed E-state index contributed by atoms with van der Waals surface area (Å²) in [5.41, 5.74) is 0.865. The summed E-state index contributed by atoms with van der Waals surface area (Å²) >= 11 is 0. The second kappa shape index (κ2) is 8.53. The van der Waals surface area contributed by atoms with Crippen LogP contribution in [0.3, 0.4) is 0 Å². The van der Waals surface area contributed by atoms with Crippen molar-refractivity contribution in [3.63, 3.8) is 0 Å². The Morgan fingerprint density at radius 2 is 2.26 bits per heavy atom. The number of carboxylic acids is 1. The number of benzene rings is 1. The van der Waals surface area contributed by atoms with E-state index >= 15 is 0 Å². The van der Waals surface area contributed by atoms with E-state index in [0.29, 0.717) is 19.8 Å². The first kappa shape index (κ1) is 17.3. The molecule has 1 aromatic rings. The highest BCUT2D eigenvalue weighted by Gasteiger charge is 2.29. The molecule has 0 bridgehead atoms. The van der Waals surface area contributed by atoms with Crippen LogP contribution in [0.25, 0.3) is 0 Å². The van der Waals surface area contributed by atoms with Crippen molar-refractivity contribution in [3.8, 4) is 5.75 Å². The number of hydrogen-bond acceptors (Lipinski definition) is 4. The van der Waals surface area contributed by atoms with Gasteiger partial charge in [0.15, 0.2) is 0 Å². The number of nitrogens with zero attached hydrogens (tertiary/aromatic N) is 1. The average molecular weight is 321 g/mol. The molecule has 1 fully saturated rings. The normalized spacial score (nSPS) is 17.8. The van der Waals surface area contributed by atoms with Gasteiger partial charge in [-0.2, -0.15) is 0 Å². The third-order valence-corrected chi connectivity index (χ3v) is 3.68. The highest BCUT2D eigenvalue weighted by molar-refractivity contribution is 5.80. The summed E-state index contributed by atoms with van der Waals surface area (Å²) in [6, 6.07) is 7.07. The maximum atomic E-state index is 12.5. The summed E-state index contributed by atoms with van der Waals surface area (Å²) in [7, 11) is 0. The minimum atomic E-state index is -0.923. The number of aliphatic carboxylic acids is 1. The van der Waals surface area contributed by atoms with Gasteiger partial charge in [0.25, 0.3) is 0 Å². The molecular weight excluding hydrogens is 298 g/mol. The molecule has 0 aliphatic carbocycles. The second-order valence-electron chi connectivity index (χ2n) is 5.59. The summed E-state index contributed by atoms with van der Waals surface area (Å²) in [5, 5.41) is 8.96. The first-order chi connectivity index (χ1) is 11.1. The van der Waals surface area contributed by atoms with Gasteiger partial charge in [-0.15, -0.1) is 0 Å². The number of rotatable bonds is 7. The van der Waals surface area contributed by atoms with Crippen molar-refractivity contribution in [2.24, 2.45) is 0 Å². The molecule has 1 amide bonds. The van der Waals surface area contributed by atoms with E-state index in [4.69, 9.17) is 14.6 Å². The zero-order valence-electron chi connectivity index (χ0n) is 13.4. The molecule has 0 radical (unpaired) electrons. The van der Waals surface area contributed by atoms with Crippen molar-refractivity contribution in [1.82, 2.24) is 4.90 Å². The van der Waals surface area contributed by atoms with Gasteiger partial charge in [0.1, 0.15) is 5.75 Å². The first-order valence-corrected chi connectivity index (χ1v) is 7.91. The lowest BCUT2D eigenvalue weighted by Crippen LogP contribution is -2.50. The Hall–Kier alpha value is -2.08. The van der Waals surface area contributed by atoms with Gasteiger partial charge in [-0.1, -0.05) is 19.1 Å². The summed E-state index contributed by atoms with van der Waals surface area (Å²) in [4.78, 5) is 25.1. The molecule has 0 aromatic heterocycles. The largest absolute Gasteiger partial charge is 0.494 e. The Morgan fingerprint density at radius 3 is 3.00 bits per heavy atom. The van der Waals surface area contributed by atoms with Gasteiger partial charge < -0.3 is 19.5 Å². The molecule has 6 nitrogen and oxygen atoms in total. The fourth-order valence-corrected chi connectivity index (χ4v) is 2.60. The van der Waals surface area contributed by atoms with E-state index in [1.807, 2.05) is 31.2 Å². The summed E-state index contributed by atoms with van der Waals surface area (Å²) in [5.74, 6) is -0.248. The fourth-order valence-electron chi connectivity index (χ4n) is 2.60. The zero-order valence-corrected chi connectivity index (χ0v) is 13.4. The molecule has 1 aromatic carbocycles. The monoisotopic (exact) mass is 321 g/mol. The number of amides is 1. The lowest BCUT2D eigenvalue weighted by atomic mass is 10.1. The van der Waals surface area contributed by atoms with E-state index < -0.39 is 12.0 Å². The minimum Gasteiger partial charge on any atom is -0.494 e. The fraction of sp³-hybridized carbons (Fsp3) is 0.529. The Kier molecular flexibility index (Phi) is 6.40. The predicted octanol–water partition coefficient (Wildman–Crippen LogP) is 1.72. The number of carboxylic acid groups (broad SMARTS) is 1. The quantitative estimate of drug-likeness (QED) is 0.827. The molecule has 126 valence electrons. The maximum Gasteiger partial charge on any atom is 0.305 e. The Morgan fingerprint density at radius 1 is 1.43 bits per heavy atom. The van der Waals surface area contributed by atoms with Gasteiger partial charge in [0, 0.05) is 6.54 Å².